The topological polar surface area (TPSA) is 0 Å². The maximum atomic E-state index is 2.16. The molecule has 0 aliphatic carbocycles. The summed E-state index contributed by atoms with van der Waals surface area (Å²) in [6.45, 7) is 0. The second kappa shape index (κ2) is 2.40. The highest BCUT2D eigenvalue weighted by Crippen LogP contribution is 2.20. The Morgan fingerprint density at radius 3 is 2.60 bits per heavy atom. The van der Waals surface area contributed by atoms with Gasteiger partial charge in [0, 0.05) is 5.12 Å². The summed E-state index contributed by atoms with van der Waals surface area (Å²) < 4.78 is 0. The van der Waals surface area contributed by atoms with Crippen LogP contribution in [0.4, 0.5) is 0 Å². The van der Waals surface area contributed by atoms with Crippen LogP contribution in [0.15, 0.2) is 42.2 Å². The Kier molecular flexibility index (Phi) is 1.41. The molecule has 0 fully saturated rings. The molecule has 1 aromatic carbocycles. The molecule has 0 N–H and O–H groups in total. The van der Waals surface area contributed by atoms with Crippen molar-refractivity contribution >= 4 is 18.7 Å². The van der Waals surface area contributed by atoms with Gasteiger partial charge < -0.3 is 0 Å². The number of hydrogen-bond acceptors (Lipinski definition) is 0. The van der Waals surface area contributed by atoms with E-state index >= 15 is 0 Å². The molecule has 0 aliphatic rings. The van der Waals surface area contributed by atoms with E-state index in [-0.39, 0.29) is 0 Å². The molecule has 1 heterocycles. The summed E-state index contributed by atoms with van der Waals surface area (Å²) in [7, 11) is 1.32. The van der Waals surface area contributed by atoms with E-state index in [1.54, 1.807) is 0 Å². The molecule has 0 saturated heterocycles. The van der Waals surface area contributed by atoms with Crippen LogP contribution in [0, 0.1) is 0 Å². The number of fused-ring (bicyclic) bond motifs is 1. The molecule has 0 nitrogen and oxygen atoms in total. The van der Waals surface area contributed by atoms with Crippen LogP contribution >= 0.6 is 8.19 Å². The molecule has 0 unspecified atom stereocenters. The summed E-state index contributed by atoms with van der Waals surface area (Å²) in [5.41, 5.74) is 0. The second-order valence-corrected chi connectivity index (χ2v) is 3.23. The van der Waals surface area contributed by atoms with E-state index < -0.39 is 0 Å². The molecule has 1 heteroatoms. The van der Waals surface area contributed by atoms with Crippen molar-refractivity contribution in [2.75, 3.05) is 0 Å². The summed E-state index contributed by atoms with van der Waals surface area (Å²) in [4.78, 5) is 0. The van der Waals surface area contributed by atoms with Crippen molar-refractivity contribution in [1.29, 1.82) is 0 Å². The van der Waals surface area contributed by atoms with Crippen molar-refractivity contribution in [3.05, 3.63) is 42.2 Å². The van der Waals surface area contributed by atoms with Gasteiger partial charge in [-0.05, 0) is 17.3 Å². The zero-order chi connectivity index (χ0) is 6.81. The van der Waals surface area contributed by atoms with Gasteiger partial charge in [-0.3, -0.25) is 0 Å². The minimum atomic E-state index is 1.32. The quantitative estimate of drug-likeness (QED) is 0.534. The highest BCUT2D eigenvalue weighted by atomic mass is 31.0. The van der Waals surface area contributed by atoms with Crippen molar-refractivity contribution in [1.82, 2.24) is 0 Å². The average molecular weight is 146 g/mol. The van der Waals surface area contributed by atoms with Crippen LogP contribution in [0.3, 0.4) is 0 Å². The van der Waals surface area contributed by atoms with E-state index in [1.807, 2.05) is 0 Å². The molecule has 0 atom stereocenters. The summed E-state index contributed by atoms with van der Waals surface area (Å²) in [5.74, 6) is 2.16. The van der Waals surface area contributed by atoms with Crippen molar-refractivity contribution in [2.45, 2.75) is 0 Å². The van der Waals surface area contributed by atoms with E-state index in [0.717, 1.165) is 0 Å². The molecule has 48 valence electrons. The van der Waals surface area contributed by atoms with Crippen LogP contribution < -0.4 is 0 Å². The fourth-order valence-electron chi connectivity index (χ4n) is 1.02. The van der Waals surface area contributed by atoms with Crippen molar-refractivity contribution < 1.29 is 0 Å². The third kappa shape index (κ3) is 0.913. The minimum Gasteiger partial charge on any atom is -0.0678 e. The lowest BCUT2D eigenvalue weighted by atomic mass is 10.3. The summed E-state index contributed by atoms with van der Waals surface area (Å²) >= 11 is 0. The zero-order valence-corrected chi connectivity index (χ0v) is 6.38. The lowest BCUT2D eigenvalue weighted by Gasteiger charge is -1.91. The largest absolute Gasteiger partial charge is 0.0678 e. The molecule has 0 amide bonds. The van der Waals surface area contributed by atoms with E-state index in [0.29, 0.717) is 0 Å². The molecular formula is C9H7P. The Hall–Kier alpha value is -0.870. The molecular weight excluding hydrogens is 139 g/mol. The number of benzene rings is 1. The van der Waals surface area contributed by atoms with Gasteiger partial charge in [0.2, 0.25) is 0 Å². The van der Waals surface area contributed by atoms with Crippen molar-refractivity contribution in [2.24, 2.45) is 0 Å². The summed E-state index contributed by atoms with van der Waals surface area (Å²) in [6, 6.07) is 12.7. The maximum Gasteiger partial charge on any atom is 0.00902 e. The Morgan fingerprint density at radius 1 is 0.900 bits per heavy atom. The molecule has 0 spiro atoms. The fourth-order valence-corrected chi connectivity index (χ4v) is 1.82. The molecule has 0 radical (unpaired) electrons. The van der Waals surface area contributed by atoms with E-state index in [1.165, 1.54) is 18.7 Å². The third-order valence-corrected chi connectivity index (χ3v) is 2.52. The van der Waals surface area contributed by atoms with Crippen LogP contribution in [-0.4, -0.2) is 0 Å². The van der Waals surface area contributed by atoms with E-state index in [9.17, 15) is 0 Å². The van der Waals surface area contributed by atoms with Crippen molar-refractivity contribution in [3.63, 3.8) is 0 Å². The third-order valence-electron chi connectivity index (χ3n) is 1.51. The summed E-state index contributed by atoms with van der Waals surface area (Å²) in [5, 5.41) is 2.76. The lowest BCUT2D eigenvalue weighted by Crippen LogP contribution is -1.62. The van der Waals surface area contributed by atoms with Gasteiger partial charge in [0.1, 0.15) is 0 Å². The second-order valence-electron chi connectivity index (χ2n) is 2.20. The SMILES string of the molecule is c1ccc2pcccc2c1. The first-order valence-corrected chi connectivity index (χ1v) is 4.23. The first kappa shape index (κ1) is 5.88. The Balaban J connectivity index is 2.89. The van der Waals surface area contributed by atoms with Gasteiger partial charge in [-0.25, -0.2) is 0 Å². The van der Waals surface area contributed by atoms with Crippen LogP contribution in [-0.2, 0) is 0 Å². The van der Waals surface area contributed by atoms with Crippen LogP contribution in [0.2, 0.25) is 0 Å². The van der Waals surface area contributed by atoms with Gasteiger partial charge in [0.25, 0.3) is 0 Å². The molecule has 0 aliphatic heterocycles. The molecule has 10 heavy (non-hydrogen) atoms. The Labute approximate surface area is 61.6 Å². The van der Waals surface area contributed by atoms with Gasteiger partial charge in [-0.15, -0.1) is 0 Å². The number of rotatable bonds is 0. The number of hydrogen-bond donors (Lipinski definition) is 0. The highest BCUT2D eigenvalue weighted by Gasteiger charge is 1.85. The minimum absolute atomic E-state index is 1.32. The van der Waals surface area contributed by atoms with Gasteiger partial charge in [0.15, 0.2) is 0 Å². The van der Waals surface area contributed by atoms with Gasteiger partial charge in [-0.2, -0.15) is 0 Å². The van der Waals surface area contributed by atoms with Gasteiger partial charge >= 0.3 is 0 Å². The predicted octanol–water partition coefficient (Wildman–Crippen LogP) is 3.42. The van der Waals surface area contributed by atoms with Crippen LogP contribution in [0.5, 0.6) is 0 Å². The van der Waals surface area contributed by atoms with E-state index in [2.05, 4.69) is 42.2 Å². The maximum absolute atomic E-state index is 2.16. The normalized spacial score (nSPS) is 10.8. The molecule has 2 aromatic rings. The monoisotopic (exact) mass is 146 g/mol. The molecule has 0 bridgehead atoms. The van der Waals surface area contributed by atoms with Gasteiger partial charge in [0.05, 0.1) is 0 Å². The smallest absolute Gasteiger partial charge is 0.00902 e. The first-order chi connectivity index (χ1) is 4.97. The van der Waals surface area contributed by atoms with Gasteiger partial charge in [-0.1, -0.05) is 38.5 Å². The van der Waals surface area contributed by atoms with Crippen LogP contribution in [0.25, 0.3) is 10.5 Å². The molecule has 0 saturated carbocycles. The standard InChI is InChI=1S/C9H7P/c1-2-6-9-8(4-1)5-3-7-10-9/h1-7H. The molecule has 2 rings (SSSR count). The Morgan fingerprint density at radius 2 is 1.70 bits per heavy atom. The lowest BCUT2D eigenvalue weighted by molar-refractivity contribution is 1.83. The van der Waals surface area contributed by atoms with Crippen molar-refractivity contribution in [3.8, 4) is 0 Å². The highest BCUT2D eigenvalue weighted by molar-refractivity contribution is 7.35. The summed E-state index contributed by atoms with van der Waals surface area (Å²) in [6.07, 6.45) is 0. The predicted molar refractivity (Wildman–Crippen MR) is 46.5 cm³/mol. The average Bonchev–Trinajstić information content (AvgIpc) is 2.05. The Bertz CT molecular complexity index is 276. The first-order valence-electron chi connectivity index (χ1n) is 3.26. The zero-order valence-electron chi connectivity index (χ0n) is 5.49. The molecule has 1 aromatic heterocycles. The fraction of sp³-hybridized carbons (Fsp3) is 0. The van der Waals surface area contributed by atoms with E-state index in [4.69, 9.17) is 0 Å². The van der Waals surface area contributed by atoms with Crippen LogP contribution in [0.1, 0.15) is 0 Å².